The van der Waals surface area contributed by atoms with Gasteiger partial charge in [0.2, 0.25) is 0 Å². The molecule has 0 radical (unpaired) electrons. The first kappa shape index (κ1) is 15.9. The van der Waals surface area contributed by atoms with Crippen molar-refractivity contribution in [3.05, 3.63) is 27.7 Å². The number of halogens is 2. The topological polar surface area (TPSA) is 95.7 Å². The van der Waals surface area contributed by atoms with Gasteiger partial charge < -0.3 is 21.1 Å². The number of benzene rings is 1. The minimum absolute atomic E-state index is 0.0372. The molecule has 1 aliphatic heterocycles. The van der Waals surface area contributed by atoms with Gasteiger partial charge in [0, 0.05) is 19.1 Å². The van der Waals surface area contributed by atoms with Crippen LogP contribution in [0.4, 0.5) is 10.5 Å². The van der Waals surface area contributed by atoms with E-state index in [2.05, 4.69) is 5.32 Å². The van der Waals surface area contributed by atoms with E-state index in [0.717, 1.165) is 12.8 Å². The number of anilines is 1. The molecule has 8 heteroatoms. The number of nitrogens with zero attached hydrogens (tertiary/aromatic N) is 1. The first-order valence-corrected chi connectivity index (χ1v) is 7.18. The van der Waals surface area contributed by atoms with Gasteiger partial charge in [-0.25, -0.2) is 9.59 Å². The van der Waals surface area contributed by atoms with Crippen LogP contribution in [-0.4, -0.2) is 41.1 Å². The Kier molecular flexibility index (Phi) is 4.92. The van der Waals surface area contributed by atoms with Crippen LogP contribution in [0.25, 0.3) is 0 Å². The van der Waals surface area contributed by atoms with Crippen molar-refractivity contribution in [3.8, 4) is 0 Å². The summed E-state index contributed by atoms with van der Waals surface area (Å²) >= 11 is 12.0. The summed E-state index contributed by atoms with van der Waals surface area (Å²) in [5, 5.41) is 11.7. The van der Waals surface area contributed by atoms with E-state index in [1.54, 1.807) is 4.90 Å². The van der Waals surface area contributed by atoms with E-state index in [0.29, 0.717) is 13.1 Å². The molecule has 1 aliphatic rings. The van der Waals surface area contributed by atoms with Gasteiger partial charge in [0.05, 0.1) is 21.3 Å². The Morgan fingerprint density at radius 2 is 1.95 bits per heavy atom. The third-order valence-corrected chi connectivity index (χ3v) is 3.86. The summed E-state index contributed by atoms with van der Waals surface area (Å²) in [4.78, 5) is 24.6. The van der Waals surface area contributed by atoms with Crippen molar-refractivity contribution in [2.24, 2.45) is 5.73 Å². The molecule has 21 heavy (non-hydrogen) atoms. The highest BCUT2D eigenvalue weighted by atomic mass is 35.5. The molecule has 1 aromatic rings. The summed E-state index contributed by atoms with van der Waals surface area (Å²) < 4.78 is 0. The van der Waals surface area contributed by atoms with Gasteiger partial charge in [0.15, 0.2) is 0 Å². The monoisotopic (exact) mass is 331 g/mol. The lowest BCUT2D eigenvalue weighted by molar-refractivity contribution is 0.0697. The normalized spacial score (nSPS) is 18.4. The highest BCUT2D eigenvalue weighted by Crippen LogP contribution is 2.32. The summed E-state index contributed by atoms with van der Waals surface area (Å²) in [6.07, 6.45) is 1.73. The molecular weight excluding hydrogens is 317 g/mol. The van der Waals surface area contributed by atoms with Crippen molar-refractivity contribution in [1.82, 2.24) is 4.90 Å². The number of hydrogen-bond donors (Lipinski definition) is 3. The molecule has 114 valence electrons. The van der Waals surface area contributed by atoms with Gasteiger partial charge >= 0.3 is 12.0 Å². The van der Waals surface area contributed by atoms with Gasteiger partial charge in [-0.3, -0.25) is 0 Å². The Labute approximate surface area is 131 Å². The van der Waals surface area contributed by atoms with E-state index in [-0.39, 0.29) is 33.4 Å². The maximum Gasteiger partial charge on any atom is 0.335 e. The van der Waals surface area contributed by atoms with Crippen molar-refractivity contribution in [1.29, 1.82) is 0 Å². The number of carboxylic acid groups (broad SMARTS) is 1. The number of amides is 2. The number of aromatic carboxylic acids is 1. The zero-order chi connectivity index (χ0) is 15.6. The Morgan fingerprint density at radius 3 is 2.48 bits per heavy atom. The van der Waals surface area contributed by atoms with E-state index >= 15 is 0 Å². The average molecular weight is 332 g/mol. The van der Waals surface area contributed by atoms with Crippen LogP contribution in [0.3, 0.4) is 0 Å². The Bertz CT molecular complexity index is 557. The second-order valence-corrected chi connectivity index (χ2v) is 5.71. The van der Waals surface area contributed by atoms with Crippen LogP contribution < -0.4 is 11.1 Å². The fourth-order valence-corrected chi connectivity index (χ4v) is 2.78. The molecule has 4 N–H and O–H groups in total. The van der Waals surface area contributed by atoms with Gasteiger partial charge in [-0.15, -0.1) is 0 Å². The number of carbonyl (C=O) groups excluding carboxylic acids is 1. The van der Waals surface area contributed by atoms with Crippen LogP contribution in [0.2, 0.25) is 10.0 Å². The molecule has 2 rings (SSSR count). The summed E-state index contributed by atoms with van der Waals surface area (Å²) in [5.41, 5.74) is 5.99. The zero-order valence-electron chi connectivity index (χ0n) is 11.1. The Hall–Kier alpha value is -1.50. The Morgan fingerprint density at radius 1 is 1.33 bits per heavy atom. The second kappa shape index (κ2) is 6.51. The summed E-state index contributed by atoms with van der Waals surface area (Å²) in [7, 11) is 0. The second-order valence-electron chi connectivity index (χ2n) is 4.90. The van der Waals surface area contributed by atoms with E-state index in [4.69, 9.17) is 34.0 Å². The maximum absolute atomic E-state index is 12.2. The van der Waals surface area contributed by atoms with Crippen LogP contribution in [0.5, 0.6) is 0 Å². The first-order chi connectivity index (χ1) is 9.88. The third kappa shape index (κ3) is 3.78. The fraction of sp³-hybridized carbons (Fsp3) is 0.385. The predicted molar refractivity (Wildman–Crippen MR) is 81.2 cm³/mol. The number of carboxylic acids is 1. The lowest BCUT2D eigenvalue weighted by Gasteiger charge is -2.31. The highest BCUT2D eigenvalue weighted by Gasteiger charge is 2.23. The quantitative estimate of drug-likeness (QED) is 0.776. The standard InChI is InChI=1S/C13H15Cl2N3O3/c14-9-4-7(12(19)20)5-10(15)11(9)17-13(21)18-3-1-2-8(16)6-18/h4-5,8H,1-3,6,16H2,(H,17,21)(H,19,20). The van der Waals surface area contributed by atoms with Crippen molar-refractivity contribution in [2.75, 3.05) is 18.4 Å². The summed E-state index contributed by atoms with van der Waals surface area (Å²) in [5.74, 6) is -1.14. The summed E-state index contributed by atoms with van der Waals surface area (Å²) in [6.45, 7) is 1.08. The molecule has 1 saturated heterocycles. The molecule has 6 nitrogen and oxygen atoms in total. The average Bonchev–Trinajstić information content (AvgIpc) is 2.42. The number of urea groups is 1. The molecule has 0 saturated carbocycles. The fourth-order valence-electron chi connectivity index (χ4n) is 2.20. The van der Waals surface area contributed by atoms with E-state index in [1.165, 1.54) is 12.1 Å². The van der Waals surface area contributed by atoms with Crippen molar-refractivity contribution < 1.29 is 14.7 Å². The molecule has 0 spiro atoms. The van der Waals surface area contributed by atoms with E-state index in [1.807, 2.05) is 0 Å². The molecular formula is C13H15Cl2N3O3. The van der Waals surface area contributed by atoms with Crippen molar-refractivity contribution >= 4 is 40.9 Å². The van der Waals surface area contributed by atoms with E-state index in [9.17, 15) is 9.59 Å². The number of likely N-dealkylation sites (tertiary alicyclic amines) is 1. The van der Waals surface area contributed by atoms with Gasteiger partial charge in [-0.1, -0.05) is 23.2 Å². The van der Waals surface area contributed by atoms with Gasteiger partial charge in [0.25, 0.3) is 0 Å². The van der Waals surface area contributed by atoms with Gasteiger partial charge in [0.1, 0.15) is 0 Å². The van der Waals surface area contributed by atoms with E-state index < -0.39 is 5.97 Å². The predicted octanol–water partition coefficient (Wildman–Crippen LogP) is 2.65. The van der Waals surface area contributed by atoms with Gasteiger partial charge in [-0.2, -0.15) is 0 Å². The third-order valence-electron chi connectivity index (χ3n) is 3.27. The van der Waals surface area contributed by atoms with Crippen LogP contribution in [0.15, 0.2) is 12.1 Å². The van der Waals surface area contributed by atoms with Crippen LogP contribution in [0, 0.1) is 0 Å². The molecule has 0 aliphatic carbocycles. The number of nitrogens with two attached hydrogens (primary N) is 1. The molecule has 1 heterocycles. The SMILES string of the molecule is NC1CCCN(C(=O)Nc2c(Cl)cc(C(=O)O)cc2Cl)C1. The first-order valence-electron chi connectivity index (χ1n) is 6.42. The highest BCUT2D eigenvalue weighted by molar-refractivity contribution is 6.40. The molecule has 2 amide bonds. The zero-order valence-corrected chi connectivity index (χ0v) is 12.6. The molecule has 0 bridgehead atoms. The van der Waals surface area contributed by atoms with Crippen molar-refractivity contribution in [3.63, 3.8) is 0 Å². The number of hydrogen-bond acceptors (Lipinski definition) is 3. The molecule has 1 aromatic carbocycles. The largest absolute Gasteiger partial charge is 0.478 e. The number of rotatable bonds is 2. The smallest absolute Gasteiger partial charge is 0.335 e. The van der Waals surface area contributed by atoms with Crippen LogP contribution >= 0.6 is 23.2 Å². The number of piperidine rings is 1. The maximum atomic E-state index is 12.2. The minimum Gasteiger partial charge on any atom is -0.478 e. The number of carbonyl (C=O) groups is 2. The molecule has 1 unspecified atom stereocenters. The van der Waals surface area contributed by atoms with Crippen LogP contribution in [0.1, 0.15) is 23.2 Å². The molecule has 1 fully saturated rings. The lowest BCUT2D eigenvalue weighted by atomic mass is 10.1. The minimum atomic E-state index is -1.14. The van der Waals surface area contributed by atoms with Crippen molar-refractivity contribution in [2.45, 2.75) is 18.9 Å². The van der Waals surface area contributed by atoms with Gasteiger partial charge in [-0.05, 0) is 25.0 Å². The molecule has 0 aromatic heterocycles. The Balaban J connectivity index is 2.15. The number of nitrogens with one attached hydrogen (secondary N) is 1. The van der Waals surface area contributed by atoms with Crippen LogP contribution in [-0.2, 0) is 0 Å². The lowest BCUT2D eigenvalue weighted by Crippen LogP contribution is -2.47. The summed E-state index contributed by atoms with van der Waals surface area (Å²) in [6, 6.07) is 2.10. The molecule has 1 atom stereocenters.